The van der Waals surface area contributed by atoms with E-state index in [4.69, 9.17) is 0 Å². The van der Waals surface area contributed by atoms with Gasteiger partial charge in [-0.2, -0.15) is 0 Å². The van der Waals surface area contributed by atoms with Crippen molar-refractivity contribution in [2.45, 2.75) is 12.3 Å². The van der Waals surface area contributed by atoms with Crippen LogP contribution in [-0.4, -0.2) is 47.0 Å². The van der Waals surface area contributed by atoms with E-state index in [0.717, 1.165) is 43.1 Å². The van der Waals surface area contributed by atoms with Crippen LogP contribution in [0.4, 0.5) is 5.82 Å². The van der Waals surface area contributed by atoms with Gasteiger partial charge in [-0.3, -0.25) is 9.78 Å². The fraction of sp³-hybridized carbons (Fsp3) is 0.261. The number of hydrogen-bond acceptors (Lipinski definition) is 4. The molecule has 1 fully saturated rings. The molecule has 4 rings (SSSR count). The molecule has 1 amide bonds. The summed E-state index contributed by atoms with van der Waals surface area (Å²) >= 11 is 0. The van der Waals surface area contributed by atoms with Gasteiger partial charge in [-0.1, -0.05) is 36.4 Å². The Balaban J connectivity index is 1.48. The Morgan fingerprint density at radius 2 is 1.57 bits per heavy atom. The van der Waals surface area contributed by atoms with E-state index in [9.17, 15) is 4.79 Å². The second-order valence-electron chi connectivity index (χ2n) is 7.02. The van der Waals surface area contributed by atoms with Crippen molar-refractivity contribution in [3.05, 3.63) is 90.4 Å². The van der Waals surface area contributed by atoms with Crippen molar-refractivity contribution >= 4 is 11.7 Å². The number of nitrogens with zero attached hydrogens (tertiary/aromatic N) is 4. The number of amides is 1. The Labute approximate surface area is 165 Å². The van der Waals surface area contributed by atoms with Gasteiger partial charge in [0, 0.05) is 44.8 Å². The van der Waals surface area contributed by atoms with Gasteiger partial charge in [-0.15, -0.1) is 0 Å². The summed E-state index contributed by atoms with van der Waals surface area (Å²) in [6.07, 6.45) is 6.07. The molecule has 1 aromatic carbocycles. The third-order valence-corrected chi connectivity index (χ3v) is 5.25. The van der Waals surface area contributed by atoms with Gasteiger partial charge in [-0.05, 0) is 41.8 Å². The summed E-state index contributed by atoms with van der Waals surface area (Å²) in [4.78, 5) is 26.2. The molecule has 1 unspecified atom stereocenters. The van der Waals surface area contributed by atoms with Crippen LogP contribution in [0.2, 0.25) is 0 Å². The van der Waals surface area contributed by atoms with Gasteiger partial charge in [0.1, 0.15) is 5.82 Å². The molecule has 1 aliphatic heterocycles. The van der Waals surface area contributed by atoms with Crippen LogP contribution in [-0.2, 0) is 11.2 Å². The van der Waals surface area contributed by atoms with Gasteiger partial charge in [0.25, 0.3) is 0 Å². The van der Waals surface area contributed by atoms with E-state index in [1.165, 1.54) is 0 Å². The number of carbonyl (C=O) groups is 1. The lowest BCUT2D eigenvalue weighted by molar-refractivity contribution is -0.133. The molecule has 0 N–H and O–H groups in total. The van der Waals surface area contributed by atoms with Gasteiger partial charge in [0.05, 0.1) is 5.92 Å². The van der Waals surface area contributed by atoms with Crippen LogP contribution in [0.5, 0.6) is 0 Å². The predicted octanol–water partition coefficient (Wildman–Crippen LogP) is 3.15. The molecule has 0 saturated carbocycles. The Kier molecular flexibility index (Phi) is 5.61. The van der Waals surface area contributed by atoms with Crippen LogP contribution < -0.4 is 4.90 Å². The summed E-state index contributed by atoms with van der Waals surface area (Å²) in [5, 5.41) is 0. The quantitative estimate of drug-likeness (QED) is 0.690. The van der Waals surface area contributed by atoms with Gasteiger partial charge in [-0.25, -0.2) is 4.98 Å². The van der Waals surface area contributed by atoms with Gasteiger partial charge < -0.3 is 9.80 Å². The highest BCUT2D eigenvalue weighted by atomic mass is 16.2. The monoisotopic (exact) mass is 372 g/mol. The topological polar surface area (TPSA) is 49.3 Å². The van der Waals surface area contributed by atoms with E-state index in [1.807, 2.05) is 71.8 Å². The minimum absolute atomic E-state index is 0.176. The number of pyridine rings is 2. The molecule has 3 aromatic rings. The first kappa shape index (κ1) is 18.2. The summed E-state index contributed by atoms with van der Waals surface area (Å²) in [6, 6.07) is 20.0. The highest BCUT2D eigenvalue weighted by molar-refractivity contribution is 5.84. The second-order valence-corrected chi connectivity index (χ2v) is 7.02. The van der Waals surface area contributed by atoms with Gasteiger partial charge >= 0.3 is 0 Å². The maximum absolute atomic E-state index is 13.4. The first-order chi connectivity index (χ1) is 13.8. The standard InChI is InChI=1S/C23H24N4O/c28-23(27-16-14-26(15-17-27)22-8-4-5-11-25-22)21(20-6-2-1-3-7-20)18-19-9-12-24-13-10-19/h1-13,21H,14-18H2. The highest BCUT2D eigenvalue weighted by Crippen LogP contribution is 2.24. The summed E-state index contributed by atoms with van der Waals surface area (Å²) in [5.41, 5.74) is 2.20. The Morgan fingerprint density at radius 3 is 2.25 bits per heavy atom. The van der Waals surface area contributed by atoms with E-state index in [-0.39, 0.29) is 11.8 Å². The number of benzene rings is 1. The third-order valence-electron chi connectivity index (χ3n) is 5.25. The molecule has 5 nitrogen and oxygen atoms in total. The number of carbonyl (C=O) groups excluding carboxylic acids is 1. The minimum Gasteiger partial charge on any atom is -0.353 e. The van der Waals surface area contributed by atoms with Crippen LogP contribution in [0.15, 0.2) is 79.3 Å². The SMILES string of the molecule is O=C(C(Cc1ccncc1)c1ccccc1)N1CCN(c2ccccn2)CC1. The van der Waals surface area contributed by atoms with E-state index < -0.39 is 0 Å². The number of hydrogen-bond donors (Lipinski definition) is 0. The van der Waals surface area contributed by atoms with Crippen LogP contribution in [0, 0.1) is 0 Å². The molecule has 2 aromatic heterocycles. The van der Waals surface area contributed by atoms with Crippen molar-refractivity contribution in [2.75, 3.05) is 31.1 Å². The molecule has 142 valence electrons. The zero-order chi connectivity index (χ0) is 19.2. The van der Waals surface area contributed by atoms with Gasteiger partial charge in [0.2, 0.25) is 5.91 Å². The molecule has 0 bridgehead atoms. The normalized spacial score (nSPS) is 15.3. The fourth-order valence-electron chi connectivity index (χ4n) is 3.70. The molecule has 0 spiro atoms. The lowest BCUT2D eigenvalue weighted by Gasteiger charge is -2.37. The predicted molar refractivity (Wildman–Crippen MR) is 110 cm³/mol. The minimum atomic E-state index is -0.176. The van der Waals surface area contributed by atoms with E-state index in [0.29, 0.717) is 6.42 Å². The molecular formula is C23H24N4O. The third kappa shape index (κ3) is 4.19. The average Bonchev–Trinajstić information content (AvgIpc) is 2.79. The zero-order valence-electron chi connectivity index (χ0n) is 15.8. The molecular weight excluding hydrogens is 348 g/mol. The summed E-state index contributed by atoms with van der Waals surface area (Å²) < 4.78 is 0. The smallest absolute Gasteiger partial charge is 0.230 e. The zero-order valence-corrected chi connectivity index (χ0v) is 15.8. The maximum Gasteiger partial charge on any atom is 0.230 e. The molecule has 1 atom stereocenters. The molecule has 1 aliphatic rings. The Morgan fingerprint density at radius 1 is 0.857 bits per heavy atom. The van der Waals surface area contributed by atoms with Gasteiger partial charge in [0.15, 0.2) is 0 Å². The molecule has 0 radical (unpaired) electrons. The summed E-state index contributed by atoms with van der Waals surface area (Å²) in [6.45, 7) is 3.04. The Hall–Kier alpha value is -3.21. The molecule has 0 aliphatic carbocycles. The number of aromatic nitrogens is 2. The highest BCUT2D eigenvalue weighted by Gasteiger charge is 2.29. The fourth-order valence-corrected chi connectivity index (χ4v) is 3.70. The van der Waals surface area contributed by atoms with E-state index in [2.05, 4.69) is 14.9 Å². The van der Waals surface area contributed by atoms with Crippen molar-refractivity contribution in [2.24, 2.45) is 0 Å². The average molecular weight is 372 g/mol. The molecule has 1 saturated heterocycles. The number of piperazine rings is 1. The Bertz CT molecular complexity index is 878. The summed E-state index contributed by atoms with van der Waals surface area (Å²) in [5.74, 6) is 1.000. The lowest BCUT2D eigenvalue weighted by Crippen LogP contribution is -2.50. The summed E-state index contributed by atoms with van der Waals surface area (Å²) in [7, 11) is 0. The van der Waals surface area contributed by atoms with Crippen molar-refractivity contribution in [1.29, 1.82) is 0 Å². The van der Waals surface area contributed by atoms with Crippen molar-refractivity contribution in [3.8, 4) is 0 Å². The molecule has 28 heavy (non-hydrogen) atoms. The van der Waals surface area contributed by atoms with E-state index in [1.54, 1.807) is 12.4 Å². The molecule has 5 heteroatoms. The van der Waals surface area contributed by atoms with Crippen LogP contribution in [0.1, 0.15) is 17.0 Å². The maximum atomic E-state index is 13.4. The number of rotatable bonds is 5. The van der Waals surface area contributed by atoms with Crippen LogP contribution >= 0.6 is 0 Å². The van der Waals surface area contributed by atoms with Crippen molar-refractivity contribution < 1.29 is 4.79 Å². The second kappa shape index (κ2) is 8.65. The van der Waals surface area contributed by atoms with Crippen LogP contribution in [0.25, 0.3) is 0 Å². The van der Waals surface area contributed by atoms with E-state index >= 15 is 0 Å². The van der Waals surface area contributed by atoms with Crippen molar-refractivity contribution in [1.82, 2.24) is 14.9 Å². The first-order valence-electron chi connectivity index (χ1n) is 9.70. The lowest BCUT2D eigenvalue weighted by atomic mass is 9.91. The van der Waals surface area contributed by atoms with Crippen LogP contribution in [0.3, 0.4) is 0 Å². The molecule has 3 heterocycles. The largest absolute Gasteiger partial charge is 0.353 e. The first-order valence-corrected chi connectivity index (χ1v) is 9.70. The number of anilines is 1. The van der Waals surface area contributed by atoms with Crippen molar-refractivity contribution in [3.63, 3.8) is 0 Å².